The molecule has 0 N–H and O–H groups in total. The highest BCUT2D eigenvalue weighted by atomic mass is 16.4. The van der Waals surface area contributed by atoms with Crippen molar-refractivity contribution in [2.45, 2.75) is 64.2 Å². The highest BCUT2D eigenvalue weighted by Crippen LogP contribution is 2.29. The van der Waals surface area contributed by atoms with Crippen LogP contribution in [0.5, 0.6) is 0 Å². The largest absolute Gasteiger partial charge is 0.422 e. The monoisotopic (exact) mass is 408 g/mol. The van der Waals surface area contributed by atoms with Gasteiger partial charge in [-0.3, -0.25) is 0 Å². The van der Waals surface area contributed by atoms with Crippen molar-refractivity contribution < 1.29 is 4.42 Å². The number of para-hydroxylation sites is 1. The van der Waals surface area contributed by atoms with Crippen LogP contribution < -0.4 is 5.63 Å². The first kappa shape index (κ1) is 20.0. The zero-order valence-electron chi connectivity index (χ0n) is 18.0. The topological polar surface area (TPSA) is 30.2 Å². The molecule has 2 aliphatic rings. The minimum absolute atomic E-state index is 0.304. The molecule has 2 aromatic carbocycles. The average molecular weight is 409 g/mol. The van der Waals surface area contributed by atoms with Gasteiger partial charge >= 0.3 is 5.63 Å². The summed E-state index contributed by atoms with van der Waals surface area (Å²) < 4.78 is 5.58. The van der Waals surface area contributed by atoms with Crippen molar-refractivity contribution in [3.63, 3.8) is 0 Å². The fourth-order valence-corrected chi connectivity index (χ4v) is 5.05. The van der Waals surface area contributed by atoms with Gasteiger partial charge in [0.2, 0.25) is 0 Å². The van der Waals surface area contributed by atoms with Crippen molar-refractivity contribution in [1.82, 2.24) is 0 Å². The molecule has 0 spiro atoms. The van der Waals surface area contributed by atoms with Crippen LogP contribution in [-0.4, -0.2) is 0 Å². The van der Waals surface area contributed by atoms with Gasteiger partial charge in [0.25, 0.3) is 0 Å². The molecule has 2 heteroatoms. The molecule has 0 bridgehead atoms. The molecule has 3 aromatic rings. The number of hydrogen-bond donors (Lipinski definition) is 0. The molecule has 2 fully saturated rings. The molecule has 0 atom stereocenters. The Balaban J connectivity index is 1.70. The molecule has 2 saturated carbocycles. The van der Waals surface area contributed by atoms with Crippen molar-refractivity contribution >= 4 is 21.7 Å². The summed E-state index contributed by atoms with van der Waals surface area (Å²) in [5.41, 5.74) is 2.15. The van der Waals surface area contributed by atoms with Crippen LogP contribution >= 0.6 is 0 Å². The van der Waals surface area contributed by atoms with E-state index in [1.54, 1.807) is 0 Å². The molecule has 2 nitrogen and oxygen atoms in total. The Morgan fingerprint density at radius 1 is 0.710 bits per heavy atom. The third-order valence-electron chi connectivity index (χ3n) is 6.81. The summed E-state index contributed by atoms with van der Waals surface area (Å²) in [5.74, 6) is 14.9. The predicted octanol–water partition coefficient (Wildman–Crippen LogP) is 6.81. The summed E-state index contributed by atoms with van der Waals surface area (Å²) >= 11 is 0. The SMILES string of the molecule is O=c1oc2ccccc2c2c(C#CC3CCCCC3)c(C#CC3CCCCC3)ccc12. The molecule has 0 aliphatic heterocycles. The van der Waals surface area contributed by atoms with Gasteiger partial charge in [-0.2, -0.15) is 0 Å². The van der Waals surface area contributed by atoms with Gasteiger partial charge < -0.3 is 4.42 Å². The zero-order chi connectivity index (χ0) is 21.0. The first-order chi connectivity index (χ1) is 15.3. The number of fused-ring (bicyclic) bond motifs is 3. The minimum Gasteiger partial charge on any atom is -0.422 e. The predicted molar refractivity (Wildman–Crippen MR) is 127 cm³/mol. The van der Waals surface area contributed by atoms with E-state index in [2.05, 4.69) is 23.7 Å². The lowest BCUT2D eigenvalue weighted by atomic mass is 9.88. The van der Waals surface area contributed by atoms with Gasteiger partial charge in [0.05, 0.1) is 5.39 Å². The lowest BCUT2D eigenvalue weighted by Gasteiger charge is -2.16. The molecule has 1 heterocycles. The highest BCUT2D eigenvalue weighted by Gasteiger charge is 2.15. The Morgan fingerprint density at radius 2 is 1.35 bits per heavy atom. The summed E-state index contributed by atoms with van der Waals surface area (Å²) in [6.45, 7) is 0. The zero-order valence-corrected chi connectivity index (χ0v) is 18.0. The Kier molecular flexibility index (Phi) is 5.82. The molecule has 31 heavy (non-hydrogen) atoms. The van der Waals surface area contributed by atoms with Crippen molar-refractivity contribution in [2.24, 2.45) is 11.8 Å². The van der Waals surface area contributed by atoms with Gasteiger partial charge in [0, 0.05) is 33.7 Å². The lowest BCUT2D eigenvalue weighted by molar-refractivity contribution is 0.430. The summed E-state index contributed by atoms with van der Waals surface area (Å²) in [5, 5.41) is 2.42. The van der Waals surface area contributed by atoms with Crippen molar-refractivity contribution in [2.75, 3.05) is 0 Å². The Hall–Kier alpha value is -2.97. The summed E-state index contributed by atoms with van der Waals surface area (Å²) in [6.07, 6.45) is 12.4. The highest BCUT2D eigenvalue weighted by molar-refractivity contribution is 6.08. The molecular weight excluding hydrogens is 380 g/mol. The molecule has 0 unspecified atom stereocenters. The van der Waals surface area contributed by atoms with Gasteiger partial charge in [-0.05, 0) is 43.9 Å². The second-order valence-electron chi connectivity index (χ2n) is 9.00. The average Bonchev–Trinajstić information content (AvgIpc) is 2.83. The van der Waals surface area contributed by atoms with E-state index in [1.165, 1.54) is 64.2 Å². The third kappa shape index (κ3) is 4.26. The van der Waals surface area contributed by atoms with E-state index in [9.17, 15) is 4.79 Å². The van der Waals surface area contributed by atoms with Crippen LogP contribution in [0.25, 0.3) is 21.7 Å². The van der Waals surface area contributed by atoms with E-state index in [1.807, 2.05) is 36.4 Å². The lowest BCUT2D eigenvalue weighted by Crippen LogP contribution is -2.05. The van der Waals surface area contributed by atoms with Crippen LogP contribution in [-0.2, 0) is 0 Å². The maximum absolute atomic E-state index is 12.7. The van der Waals surface area contributed by atoms with Crippen LogP contribution in [0.1, 0.15) is 75.3 Å². The van der Waals surface area contributed by atoms with Crippen LogP contribution in [0.3, 0.4) is 0 Å². The van der Waals surface area contributed by atoms with Gasteiger partial charge in [-0.1, -0.05) is 80.4 Å². The maximum Gasteiger partial charge on any atom is 0.344 e. The summed E-state index contributed by atoms with van der Waals surface area (Å²) in [6, 6.07) is 11.6. The molecule has 156 valence electrons. The minimum atomic E-state index is -0.304. The molecule has 0 radical (unpaired) electrons. The van der Waals surface area contributed by atoms with Gasteiger partial charge in [0.1, 0.15) is 5.58 Å². The normalized spacial score (nSPS) is 17.7. The van der Waals surface area contributed by atoms with Crippen LogP contribution in [0.2, 0.25) is 0 Å². The van der Waals surface area contributed by atoms with Crippen LogP contribution in [0, 0.1) is 35.5 Å². The van der Waals surface area contributed by atoms with Crippen molar-refractivity contribution in [3.8, 4) is 23.7 Å². The van der Waals surface area contributed by atoms with Crippen LogP contribution in [0.4, 0.5) is 0 Å². The number of hydrogen-bond acceptors (Lipinski definition) is 2. The van der Waals surface area contributed by atoms with Crippen LogP contribution in [0.15, 0.2) is 45.6 Å². The van der Waals surface area contributed by atoms with E-state index in [-0.39, 0.29) is 5.63 Å². The summed E-state index contributed by atoms with van der Waals surface area (Å²) in [7, 11) is 0. The Bertz CT molecular complexity index is 1280. The second kappa shape index (κ2) is 9.03. The Labute approximate surface area is 184 Å². The quantitative estimate of drug-likeness (QED) is 0.232. The molecule has 0 amide bonds. The fourth-order valence-electron chi connectivity index (χ4n) is 5.05. The molecule has 1 aromatic heterocycles. The van der Waals surface area contributed by atoms with E-state index in [4.69, 9.17) is 4.42 Å². The van der Waals surface area contributed by atoms with E-state index >= 15 is 0 Å². The van der Waals surface area contributed by atoms with Crippen molar-refractivity contribution in [3.05, 3.63) is 57.9 Å². The van der Waals surface area contributed by atoms with E-state index < -0.39 is 0 Å². The first-order valence-corrected chi connectivity index (χ1v) is 11.8. The molecule has 2 aliphatic carbocycles. The standard InChI is InChI=1S/C29H28O2/c30-29-26-20-18-23(17-15-21-9-3-1-4-10-21)24(19-16-22-11-5-2-6-12-22)28(26)25-13-7-8-14-27(25)31-29/h7-8,13-14,18,20-22H,1-6,9-12H2. The third-order valence-corrected chi connectivity index (χ3v) is 6.81. The molecule has 0 saturated heterocycles. The van der Waals surface area contributed by atoms with Gasteiger partial charge in [-0.25, -0.2) is 4.79 Å². The second-order valence-corrected chi connectivity index (χ2v) is 9.00. The van der Waals surface area contributed by atoms with E-state index in [0.717, 1.165) is 21.9 Å². The van der Waals surface area contributed by atoms with Crippen molar-refractivity contribution in [1.29, 1.82) is 0 Å². The Morgan fingerprint density at radius 3 is 2.06 bits per heavy atom. The van der Waals surface area contributed by atoms with Gasteiger partial charge in [0.15, 0.2) is 0 Å². The number of benzene rings is 2. The van der Waals surface area contributed by atoms with Gasteiger partial charge in [-0.15, -0.1) is 0 Å². The first-order valence-electron chi connectivity index (χ1n) is 11.8. The fraction of sp³-hybridized carbons (Fsp3) is 0.414. The van der Waals surface area contributed by atoms with E-state index in [0.29, 0.717) is 22.8 Å². The molecular formula is C29H28O2. The summed E-state index contributed by atoms with van der Waals surface area (Å²) in [4.78, 5) is 12.7. The number of rotatable bonds is 0. The maximum atomic E-state index is 12.7. The molecule has 5 rings (SSSR count). The smallest absolute Gasteiger partial charge is 0.344 e.